The zero-order valence-electron chi connectivity index (χ0n) is 17.4. The zero-order chi connectivity index (χ0) is 21.6. The zero-order valence-corrected chi connectivity index (χ0v) is 17.4. The molecule has 1 aliphatic rings. The normalized spacial score (nSPS) is 15.6. The first-order valence-corrected chi connectivity index (χ1v) is 10.3. The summed E-state index contributed by atoms with van der Waals surface area (Å²) in [6, 6.07) is 25.0. The molecule has 1 atom stereocenters. The van der Waals surface area contributed by atoms with Gasteiger partial charge in [-0.3, -0.25) is 20.4 Å². The molecule has 31 heavy (non-hydrogen) atoms. The summed E-state index contributed by atoms with van der Waals surface area (Å²) in [6.07, 6.45) is 0.188. The summed E-state index contributed by atoms with van der Waals surface area (Å²) in [7, 11) is 0. The van der Waals surface area contributed by atoms with E-state index < -0.39 is 5.92 Å². The van der Waals surface area contributed by atoms with Gasteiger partial charge in [0.15, 0.2) is 0 Å². The molecule has 1 fully saturated rings. The van der Waals surface area contributed by atoms with Crippen molar-refractivity contribution in [3.63, 3.8) is 0 Å². The molecule has 6 nitrogen and oxygen atoms in total. The van der Waals surface area contributed by atoms with E-state index in [1.165, 1.54) is 0 Å². The highest BCUT2D eigenvalue weighted by atomic mass is 16.5. The molecule has 0 radical (unpaired) electrons. The summed E-state index contributed by atoms with van der Waals surface area (Å²) < 4.78 is 5.91. The largest absolute Gasteiger partial charge is 0.487 e. The third kappa shape index (κ3) is 5.04. The SMILES string of the molecule is Cc1ccc(N2C[C@@H](C(=O)NNc3ccccc3OCc3ccccc3)CC2=O)cc1. The lowest BCUT2D eigenvalue weighted by Crippen LogP contribution is -2.36. The Morgan fingerprint density at radius 3 is 2.48 bits per heavy atom. The van der Waals surface area contributed by atoms with Gasteiger partial charge in [0.1, 0.15) is 12.4 Å². The van der Waals surface area contributed by atoms with E-state index in [0.29, 0.717) is 24.6 Å². The van der Waals surface area contributed by atoms with Crippen LogP contribution in [0.2, 0.25) is 0 Å². The van der Waals surface area contributed by atoms with E-state index in [1.807, 2.05) is 85.8 Å². The lowest BCUT2D eigenvalue weighted by atomic mass is 10.1. The maximum Gasteiger partial charge on any atom is 0.243 e. The Morgan fingerprint density at radius 2 is 1.71 bits per heavy atom. The van der Waals surface area contributed by atoms with Crippen LogP contribution in [-0.4, -0.2) is 18.4 Å². The fourth-order valence-electron chi connectivity index (χ4n) is 3.52. The lowest BCUT2D eigenvalue weighted by Gasteiger charge is -2.18. The summed E-state index contributed by atoms with van der Waals surface area (Å²) in [5, 5.41) is 0. The Hall–Kier alpha value is -3.80. The monoisotopic (exact) mass is 415 g/mol. The Balaban J connectivity index is 1.35. The van der Waals surface area contributed by atoms with Crippen LogP contribution in [0.5, 0.6) is 5.75 Å². The van der Waals surface area contributed by atoms with Crippen molar-refractivity contribution in [2.75, 3.05) is 16.9 Å². The van der Waals surface area contributed by atoms with Crippen molar-refractivity contribution in [3.8, 4) is 5.75 Å². The number of benzene rings is 3. The molecule has 2 amide bonds. The molecule has 1 heterocycles. The van der Waals surface area contributed by atoms with E-state index in [1.54, 1.807) is 4.90 Å². The molecule has 6 heteroatoms. The molecule has 3 aromatic rings. The number of carbonyl (C=O) groups is 2. The first-order valence-electron chi connectivity index (χ1n) is 10.3. The summed E-state index contributed by atoms with van der Waals surface area (Å²) in [4.78, 5) is 26.8. The highest BCUT2D eigenvalue weighted by Gasteiger charge is 2.35. The standard InChI is InChI=1S/C25H25N3O3/c1-18-11-13-21(14-12-18)28-16-20(15-24(28)29)25(30)27-26-22-9-5-6-10-23(22)31-17-19-7-3-2-4-8-19/h2-14,20,26H,15-17H2,1H3,(H,27,30)/t20-/m0/s1. The number of carbonyl (C=O) groups excluding carboxylic acids is 2. The summed E-state index contributed by atoms with van der Waals surface area (Å²) in [5.41, 5.74) is 9.34. The van der Waals surface area contributed by atoms with Crippen LogP contribution in [0.15, 0.2) is 78.9 Å². The molecule has 0 unspecified atom stereocenters. The van der Waals surface area contributed by atoms with Crippen molar-refractivity contribution in [2.24, 2.45) is 5.92 Å². The van der Waals surface area contributed by atoms with Crippen LogP contribution in [0.1, 0.15) is 17.5 Å². The number of nitrogens with one attached hydrogen (secondary N) is 2. The molecular formula is C25H25N3O3. The Bertz CT molecular complexity index is 1050. The maximum atomic E-state index is 12.7. The van der Waals surface area contributed by atoms with Crippen molar-refractivity contribution in [1.82, 2.24) is 5.43 Å². The molecule has 0 saturated carbocycles. The first kappa shape index (κ1) is 20.5. The van der Waals surface area contributed by atoms with Crippen molar-refractivity contribution >= 4 is 23.2 Å². The maximum absolute atomic E-state index is 12.7. The van der Waals surface area contributed by atoms with Crippen molar-refractivity contribution < 1.29 is 14.3 Å². The fraction of sp³-hybridized carbons (Fsp3) is 0.200. The number of nitrogens with zero attached hydrogens (tertiary/aromatic N) is 1. The Labute approximate surface area is 181 Å². The van der Waals surface area contributed by atoms with Crippen molar-refractivity contribution in [1.29, 1.82) is 0 Å². The smallest absolute Gasteiger partial charge is 0.243 e. The van der Waals surface area contributed by atoms with Crippen LogP contribution >= 0.6 is 0 Å². The van der Waals surface area contributed by atoms with E-state index in [0.717, 1.165) is 16.8 Å². The molecule has 0 aromatic heterocycles. The second-order valence-corrected chi connectivity index (χ2v) is 7.63. The van der Waals surface area contributed by atoms with Gasteiger partial charge >= 0.3 is 0 Å². The topological polar surface area (TPSA) is 70.7 Å². The van der Waals surface area contributed by atoms with E-state index in [9.17, 15) is 9.59 Å². The van der Waals surface area contributed by atoms with Crippen LogP contribution in [-0.2, 0) is 16.2 Å². The quantitative estimate of drug-likeness (QED) is 0.571. The van der Waals surface area contributed by atoms with Crippen molar-refractivity contribution in [3.05, 3.63) is 90.0 Å². The molecule has 0 aliphatic carbocycles. The fourth-order valence-corrected chi connectivity index (χ4v) is 3.52. The summed E-state index contributed by atoms with van der Waals surface area (Å²) in [5.74, 6) is -0.0504. The van der Waals surface area contributed by atoms with E-state index in [-0.39, 0.29) is 18.2 Å². The van der Waals surface area contributed by atoms with Gasteiger partial charge in [0.05, 0.1) is 11.6 Å². The van der Waals surface area contributed by atoms with Gasteiger partial charge in [0, 0.05) is 18.7 Å². The first-order chi connectivity index (χ1) is 15.1. The number of amides is 2. The summed E-state index contributed by atoms with van der Waals surface area (Å²) in [6.45, 7) is 2.79. The van der Waals surface area contributed by atoms with E-state index in [2.05, 4.69) is 10.9 Å². The molecule has 158 valence electrons. The minimum atomic E-state index is -0.418. The summed E-state index contributed by atoms with van der Waals surface area (Å²) >= 11 is 0. The number of para-hydroxylation sites is 2. The lowest BCUT2D eigenvalue weighted by molar-refractivity contribution is -0.125. The van der Waals surface area contributed by atoms with Gasteiger partial charge < -0.3 is 9.64 Å². The van der Waals surface area contributed by atoms with Crippen LogP contribution in [0, 0.1) is 12.8 Å². The number of aryl methyl sites for hydroxylation is 1. The second kappa shape index (κ2) is 9.34. The average Bonchev–Trinajstić information content (AvgIpc) is 3.19. The molecule has 1 saturated heterocycles. The average molecular weight is 415 g/mol. The number of anilines is 2. The number of hydrazine groups is 1. The minimum Gasteiger partial charge on any atom is -0.487 e. The molecular weight excluding hydrogens is 390 g/mol. The Kier molecular flexibility index (Phi) is 6.17. The number of rotatable bonds is 7. The molecule has 0 spiro atoms. The molecule has 3 aromatic carbocycles. The molecule has 0 bridgehead atoms. The van der Waals surface area contributed by atoms with Gasteiger partial charge in [-0.2, -0.15) is 0 Å². The third-order valence-electron chi connectivity index (χ3n) is 5.29. The van der Waals surface area contributed by atoms with Crippen LogP contribution in [0.25, 0.3) is 0 Å². The highest BCUT2D eigenvalue weighted by Crippen LogP contribution is 2.27. The molecule has 2 N–H and O–H groups in total. The van der Waals surface area contributed by atoms with Gasteiger partial charge in [-0.15, -0.1) is 0 Å². The van der Waals surface area contributed by atoms with Gasteiger partial charge in [-0.1, -0.05) is 60.2 Å². The van der Waals surface area contributed by atoms with Gasteiger partial charge in [-0.05, 0) is 36.8 Å². The molecule has 4 rings (SSSR count). The number of ether oxygens (including phenoxy) is 1. The second-order valence-electron chi connectivity index (χ2n) is 7.63. The highest BCUT2D eigenvalue weighted by molar-refractivity contribution is 6.00. The predicted molar refractivity (Wildman–Crippen MR) is 121 cm³/mol. The number of hydrogen-bond donors (Lipinski definition) is 2. The van der Waals surface area contributed by atoms with Gasteiger partial charge in [0.2, 0.25) is 11.8 Å². The Morgan fingerprint density at radius 1 is 1.00 bits per heavy atom. The van der Waals surface area contributed by atoms with Crippen LogP contribution in [0.3, 0.4) is 0 Å². The van der Waals surface area contributed by atoms with Gasteiger partial charge in [0.25, 0.3) is 0 Å². The van der Waals surface area contributed by atoms with E-state index >= 15 is 0 Å². The van der Waals surface area contributed by atoms with Crippen LogP contribution < -0.4 is 20.5 Å². The number of hydrogen-bond acceptors (Lipinski definition) is 4. The third-order valence-corrected chi connectivity index (χ3v) is 5.29. The predicted octanol–water partition coefficient (Wildman–Crippen LogP) is 4.07. The van der Waals surface area contributed by atoms with E-state index in [4.69, 9.17) is 4.74 Å². The van der Waals surface area contributed by atoms with Gasteiger partial charge in [-0.25, -0.2) is 0 Å². The molecule has 1 aliphatic heterocycles. The van der Waals surface area contributed by atoms with Crippen molar-refractivity contribution in [2.45, 2.75) is 20.0 Å². The van der Waals surface area contributed by atoms with Crippen LogP contribution in [0.4, 0.5) is 11.4 Å². The minimum absolute atomic E-state index is 0.0457.